The molecule has 0 saturated heterocycles. The van der Waals surface area contributed by atoms with Crippen LogP contribution < -0.4 is 5.32 Å². The lowest BCUT2D eigenvalue weighted by atomic mass is 9.92. The number of aliphatic carboxylic acids is 1. The number of carbonyl (C=O) groups is 2. The number of hydrogen-bond acceptors (Lipinski definition) is 2. The summed E-state index contributed by atoms with van der Waals surface area (Å²) in [5, 5.41) is 12.3. The third-order valence-corrected chi connectivity index (χ3v) is 3.81. The summed E-state index contributed by atoms with van der Waals surface area (Å²) >= 11 is 11.5. The number of rotatable bonds is 4. The summed E-state index contributed by atoms with van der Waals surface area (Å²) in [5.41, 5.74) is -1.02. The molecule has 1 amide bonds. The molecule has 0 bridgehead atoms. The smallest absolute Gasteiger partial charge is 0.333 e. The molecule has 0 fully saturated rings. The lowest BCUT2D eigenvalue weighted by Gasteiger charge is -2.26. The number of aromatic nitrogens is 1. The Kier molecular flexibility index (Phi) is 4.25. The summed E-state index contributed by atoms with van der Waals surface area (Å²) in [5.74, 6) is -1.79. The molecule has 1 aromatic heterocycles. The third kappa shape index (κ3) is 3.04. The zero-order valence-electron chi connectivity index (χ0n) is 11.0. The molecule has 1 atom stereocenters. The van der Waals surface area contributed by atoms with Gasteiger partial charge in [0.2, 0.25) is 0 Å². The van der Waals surface area contributed by atoms with Crippen LogP contribution in [-0.4, -0.2) is 22.0 Å². The highest BCUT2D eigenvalue weighted by Gasteiger charge is 2.37. The predicted octanol–water partition coefficient (Wildman–Crippen LogP) is 3.05. The highest BCUT2D eigenvalue weighted by Crippen LogP contribution is 2.24. The minimum atomic E-state index is -1.57. The number of halogens is 2. The summed E-state index contributed by atoms with van der Waals surface area (Å²) < 4.78 is 0. The minimum Gasteiger partial charge on any atom is -0.479 e. The quantitative estimate of drug-likeness (QED) is 0.807. The van der Waals surface area contributed by atoms with E-state index in [0.717, 1.165) is 0 Å². The van der Waals surface area contributed by atoms with E-state index in [4.69, 9.17) is 23.2 Å². The van der Waals surface area contributed by atoms with Crippen molar-refractivity contribution in [3.8, 4) is 0 Å². The van der Waals surface area contributed by atoms with Crippen molar-refractivity contribution in [2.24, 2.45) is 0 Å². The molecule has 1 unspecified atom stereocenters. The number of nitrogens with one attached hydrogen (secondary N) is 2. The second-order valence-corrected chi connectivity index (χ2v) is 5.38. The van der Waals surface area contributed by atoms with E-state index >= 15 is 0 Å². The van der Waals surface area contributed by atoms with Crippen LogP contribution in [0.1, 0.15) is 23.0 Å². The molecule has 2 rings (SSSR count). The van der Waals surface area contributed by atoms with Crippen molar-refractivity contribution >= 4 is 35.1 Å². The van der Waals surface area contributed by atoms with E-state index in [1.54, 1.807) is 30.3 Å². The van der Waals surface area contributed by atoms with Gasteiger partial charge in [-0.25, -0.2) is 4.79 Å². The first-order valence-electron chi connectivity index (χ1n) is 6.00. The molecule has 110 valence electrons. The Bertz CT molecular complexity index is 665. The molecule has 2 aromatic rings. The van der Waals surface area contributed by atoms with Crippen LogP contribution in [0.2, 0.25) is 10.2 Å². The first-order chi connectivity index (χ1) is 9.84. The van der Waals surface area contributed by atoms with Gasteiger partial charge in [-0.05, 0) is 18.6 Å². The van der Waals surface area contributed by atoms with Crippen LogP contribution in [0, 0.1) is 0 Å². The number of H-pyrrole nitrogens is 1. The van der Waals surface area contributed by atoms with Gasteiger partial charge in [0.25, 0.3) is 5.91 Å². The Hall–Kier alpha value is -1.98. The molecular weight excluding hydrogens is 315 g/mol. The second kappa shape index (κ2) is 5.79. The number of carboxylic acid groups (broad SMARTS) is 1. The number of amides is 1. The molecule has 0 aliphatic carbocycles. The van der Waals surface area contributed by atoms with Gasteiger partial charge in [0.05, 0.1) is 5.02 Å². The molecule has 0 aliphatic heterocycles. The molecule has 0 radical (unpaired) electrons. The number of hydrogen-bond donors (Lipinski definition) is 3. The lowest BCUT2D eigenvalue weighted by molar-refractivity contribution is -0.144. The standard InChI is InChI=1S/C14H12Cl2N2O3/c1-14(13(20)21,8-5-3-2-4-6-8)18-12(19)10-7-9(15)11(16)17-10/h2-7,17H,1H3,(H,18,19)(H,20,21). The first-order valence-corrected chi connectivity index (χ1v) is 6.75. The van der Waals surface area contributed by atoms with E-state index in [2.05, 4.69) is 10.3 Å². The van der Waals surface area contributed by atoms with Gasteiger partial charge in [-0.1, -0.05) is 53.5 Å². The molecule has 7 heteroatoms. The Balaban J connectivity index is 2.33. The van der Waals surface area contributed by atoms with Crippen LogP contribution >= 0.6 is 23.2 Å². The molecule has 0 saturated carbocycles. The molecule has 5 nitrogen and oxygen atoms in total. The molecule has 21 heavy (non-hydrogen) atoms. The van der Waals surface area contributed by atoms with E-state index in [9.17, 15) is 14.7 Å². The highest BCUT2D eigenvalue weighted by molar-refractivity contribution is 6.41. The van der Waals surface area contributed by atoms with E-state index in [0.29, 0.717) is 5.56 Å². The Labute approximate surface area is 130 Å². The molecule has 1 aromatic carbocycles. The summed E-state index contributed by atoms with van der Waals surface area (Å²) in [7, 11) is 0. The average Bonchev–Trinajstić information content (AvgIpc) is 2.79. The predicted molar refractivity (Wildman–Crippen MR) is 79.7 cm³/mol. The zero-order valence-corrected chi connectivity index (χ0v) is 12.5. The Morgan fingerprint density at radius 1 is 1.24 bits per heavy atom. The molecule has 0 aliphatic rings. The van der Waals surface area contributed by atoms with Crippen LogP contribution in [0.4, 0.5) is 0 Å². The highest BCUT2D eigenvalue weighted by atomic mass is 35.5. The van der Waals surface area contributed by atoms with Gasteiger partial charge in [0.15, 0.2) is 5.54 Å². The maximum absolute atomic E-state index is 12.2. The van der Waals surface area contributed by atoms with Crippen LogP contribution in [0.3, 0.4) is 0 Å². The van der Waals surface area contributed by atoms with Crippen LogP contribution in [0.15, 0.2) is 36.4 Å². The van der Waals surface area contributed by atoms with Gasteiger partial charge in [-0.3, -0.25) is 4.79 Å². The number of carboxylic acids is 1. The fraction of sp³-hybridized carbons (Fsp3) is 0.143. The topological polar surface area (TPSA) is 82.2 Å². The SMILES string of the molecule is CC(NC(=O)c1cc(Cl)c(Cl)[nH]1)(C(=O)O)c1ccccc1. The van der Waals surface area contributed by atoms with Crippen LogP contribution in [0.25, 0.3) is 0 Å². The van der Waals surface area contributed by atoms with E-state index in [1.807, 2.05) is 0 Å². The van der Waals surface area contributed by atoms with Crippen LogP contribution in [0.5, 0.6) is 0 Å². The van der Waals surface area contributed by atoms with Crippen molar-refractivity contribution in [3.05, 3.63) is 57.8 Å². The monoisotopic (exact) mass is 326 g/mol. The lowest BCUT2D eigenvalue weighted by Crippen LogP contribution is -2.49. The maximum atomic E-state index is 12.2. The van der Waals surface area contributed by atoms with Crippen molar-refractivity contribution in [3.63, 3.8) is 0 Å². The first kappa shape index (κ1) is 15.4. The molecule has 3 N–H and O–H groups in total. The van der Waals surface area contributed by atoms with Gasteiger partial charge < -0.3 is 15.4 Å². The fourth-order valence-corrected chi connectivity index (χ4v) is 2.15. The van der Waals surface area contributed by atoms with Gasteiger partial charge in [-0.15, -0.1) is 0 Å². The second-order valence-electron chi connectivity index (χ2n) is 4.60. The summed E-state index contributed by atoms with van der Waals surface area (Å²) in [6, 6.07) is 9.76. The Morgan fingerprint density at radius 2 is 1.86 bits per heavy atom. The van der Waals surface area contributed by atoms with E-state index in [-0.39, 0.29) is 15.9 Å². The molecule has 0 spiro atoms. The molecule has 1 heterocycles. The average molecular weight is 327 g/mol. The van der Waals surface area contributed by atoms with Gasteiger partial charge in [0.1, 0.15) is 10.8 Å². The molecular formula is C14H12Cl2N2O3. The summed E-state index contributed by atoms with van der Waals surface area (Å²) in [6.07, 6.45) is 0. The van der Waals surface area contributed by atoms with Crippen LogP contribution in [-0.2, 0) is 10.3 Å². The van der Waals surface area contributed by atoms with Crippen molar-refractivity contribution in [2.75, 3.05) is 0 Å². The Morgan fingerprint density at radius 3 is 2.33 bits per heavy atom. The van der Waals surface area contributed by atoms with Gasteiger partial charge in [-0.2, -0.15) is 0 Å². The van der Waals surface area contributed by atoms with E-state index in [1.165, 1.54) is 13.0 Å². The number of aromatic amines is 1. The third-order valence-electron chi connectivity index (χ3n) is 3.11. The van der Waals surface area contributed by atoms with Crippen molar-refractivity contribution < 1.29 is 14.7 Å². The van der Waals surface area contributed by atoms with Gasteiger partial charge in [0, 0.05) is 0 Å². The van der Waals surface area contributed by atoms with E-state index < -0.39 is 17.4 Å². The fourth-order valence-electron chi connectivity index (χ4n) is 1.84. The largest absolute Gasteiger partial charge is 0.479 e. The zero-order chi connectivity index (χ0) is 15.6. The summed E-state index contributed by atoms with van der Waals surface area (Å²) in [6.45, 7) is 1.41. The van der Waals surface area contributed by atoms with Crippen molar-refractivity contribution in [1.29, 1.82) is 0 Å². The van der Waals surface area contributed by atoms with Gasteiger partial charge >= 0.3 is 5.97 Å². The number of carbonyl (C=O) groups excluding carboxylic acids is 1. The normalized spacial score (nSPS) is 13.5. The maximum Gasteiger partial charge on any atom is 0.333 e. The van der Waals surface area contributed by atoms with Crippen molar-refractivity contribution in [1.82, 2.24) is 10.3 Å². The minimum absolute atomic E-state index is 0.0911. The number of benzene rings is 1. The van der Waals surface area contributed by atoms with Crippen molar-refractivity contribution in [2.45, 2.75) is 12.5 Å². The summed E-state index contributed by atoms with van der Waals surface area (Å²) in [4.78, 5) is 26.3.